The number of carbonyl (C=O) groups excluding carboxylic acids is 1. The number of esters is 1. The van der Waals surface area contributed by atoms with Crippen LogP contribution in [0.5, 0.6) is 0 Å². The van der Waals surface area contributed by atoms with Gasteiger partial charge < -0.3 is 9.84 Å². The minimum absolute atomic E-state index is 0.114. The first-order chi connectivity index (χ1) is 6.75. The Labute approximate surface area is 82.6 Å². The molecule has 1 atom stereocenters. The second-order valence-electron chi connectivity index (χ2n) is 2.73. The molecule has 3 heteroatoms. The normalized spacial score (nSPS) is 11.8. The fraction of sp³-hybridized carbons (Fsp3) is 0.182. The molecule has 1 rings (SSSR count). The highest BCUT2D eigenvalue weighted by Crippen LogP contribution is 2.13. The van der Waals surface area contributed by atoms with E-state index in [4.69, 9.17) is 4.74 Å². The van der Waals surface area contributed by atoms with Crippen LogP contribution in [0.1, 0.15) is 11.7 Å². The molecular weight excluding hydrogens is 180 g/mol. The van der Waals surface area contributed by atoms with Crippen molar-refractivity contribution in [2.45, 2.75) is 6.10 Å². The molecule has 0 bridgehead atoms. The summed E-state index contributed by atoms with van der Waals surface area (Å²) in [7, 11) is 0. The van der Waals surface area contributed by atoms with Crippen molar-refractivity contribution in [3.8, 4) is 0 Å². The van der Waals surface area contributed by atoms with Crippen LogP contribution in [0.3, 0.4) is 0 Å². The summed E-state index contributed by atoms with van der Waals surface area (Å²) in [6.07, 6.45) is 0.242. The van der Waals surface area contributed by atoms with E-state index >= 15 is 0 Å². The summed E-state index contributed by atoms with van der Waals surface area (Å²) in [4.78, 5) is 11.2. The van der Waals surface area contributed by atoms with Crippen molar-refractivity contribution in [1.82, 2.24) is 0 Å². The summed E-state index contributed by atoms with van der Waals surface area (Å²) >= 11 is 0. The maximum Gasteiger partial charge on any atom is 0.339 e. The van der Waals surface area contributed by atoms with E-state index in [1.165, 1.54) is 6.08 Å². The first kappa shape index (κ1) is 10.5. The highest BCUT2D eigenvalue weighted by atomic mass is 16.5. The Bertz CT molecular complexity index is 306. The van der Waals surface area contributed by atoms with E-state index < -0.39 is 12.1 Å². The number of carbonyl (C=O) groups is 1. The summed E-state index contributed by atoms with van der Waals surface area (Å²) in [5.41, 5.74) is 0.529. The zero-order chi connectivity index (χ0) is 10.4. The zero-order valence-corrected chi connectivity index (χ0v) is 7.72. The van der Waals surface area contributed by atoms with Gasteiger partial charge in [-0.25, -0.2) is 4.79 Å². The third-order valence-electron chi connectivity index (χ3n) is 1.68. The summed E-state index contributed by atoms with van der Waals surface area (Å²) in [6.45, 7) is 3.52. The lowest BCUT2D eigenvalue weighted by Crippen LogP contribution is -2.15. The third-order valence-corrected chi connectivity index (χ3v) is 1.68. The van der Waals surface area contributed by atoms with Crippen LogP contribution >= 0.6 is 0 Å². The largest absolute Gasteiger partial charge is 0.459 e. The summed E-state index contributed by atoms with van der Waals surface area (Å²) in [5.74, 6) is -0.656. The average Bonchev–Trinajstić information content (AvgIpc) is 2.26. The van der Waals surface area contributed by atoms with Gasteiger partial charge in [-0.15, -0.1) is 0 Å². The van der Waals surface area contributed by atoms with E-state index in [1.54, 1.807) is 24.3 Å². The van der Waals surface area contributed by atoms with Gasteiger partial charge in [-0.05, 0) is 5.56 Å². The van der Waals surface area contributed by atoms with Crippen molar-refractivity contribution in [2.75, 3.05) is 6.61 Å². The van der Waals surface area contributed by atoms with Crippen molar-refractivity contribution in [2.24, 2.45) is 0 Å². The molecular formula is C11H12O3. The van der Waals surface area contributed by atoms with Crippen LogP contribution in [0.4, 0.5) is 0 Å². The number of hydrogen-bond acceptors (Lipinski definition) is 3. The van der Waals surface area contributed by atoms with Crippen LogP contribution in [0.2, 0.25) is 0 Å². The van der Waals surface area contributed by atoms with Crippen molar-refractivity contribution < 1.29 is 14.6 Å². The predicted octanol–water partition coefficient (Wildman–Crippen LogP) is 1.45. The zero-order valence-electron chi connectivity index (χ0n) is 7.72. The number of ether oxygens (including phenoxy) is 1. The molecule has 0 heterocycles. The molecule has 0 aliphatic carbocycles. The lowest BCUT2D eigenvalue weighted by atomic mass is 10.1. The molecule has 0 spiro atoms. The maximum atomic E-state index is 11.2. The Morgan fingerprint density at radius 2 is 2.14 bits per heavy atom. The number of hydrogen-bond donors (Lipinski definition) is 1. The van der Waals surface area contributed by atoms with Crippen molar-refractivity contribution in [3.05, 3.63) is 48.6 Å². The SMILES string of the molecule is C=CCOC(=O)[C@@H](O)c1ccccc1. The van der Waals surface area contributed by atoms with E-state index in [-0.39, 0.29) is 6.61 Å². The van der Waals surface area contributed by atoms with Gasteiger partial charge in [0, 0.05) is 0 Å². The van der Waals surface area contributed by atoms with Gasteiger partial charge in [-0.3, -0.25) is 0 Å². The molecule has 3 nitrogen and oxygen atoms in total. The standard InChI is InChI=1S/C11H12O3/c1-2-8-14-11(13)10(12)9-6-4-3-5-7-9/h2-7,10,12H,1,8H2/t10-/m0/s1. The molecule has 0 saturated heterocycles. The van der Waals surface area contributed by atoms with E-state index in [2.05, 4.69) is 6.58 Å². The highest BCUT2D eigenvalue weighted by molar-refractivity contribution is 5.76. The van der Waals surface area contributed by atoms with Crippen molar-refractivity contribution in [3.63, 3.8) is 0 Å². The Balaban J connectivity index is 2.61. The fourth-order valence-corrected chi connectivity index (χ4v) is 0.991. The molecule has 1 aromatic carbocycles. The van der Waals surface area contributed by atoms with Crippen LogP contribution in [-0.4, -0.2) is 17.7 Å². The minimum Gasteiger partial charge on any atom is -0.459 e. The van der Waals surface area contributed by atoms with Crippen molar-refractivity contribution >= 4 is 5.97 Å². The van der Waals surface area contributed by atoms with Gasteiger partial charge in [0.25, 0.3) is 0 Å². The second kappa shape index (κ2) is 5.19. The van der Waals surface area contributed by atoms with Gasteiger partial charge in [-0.2, -0.15) is 0 Å². The molecule has 0 unspecified atom stereocenters. The Morgan fingerprint density at radius 3 is 2.71 bits per heavy atom. The molecule has 0 aliphatic heterocycles. The van der Waals surface area contributed by atoms with Crippen LogP contribution in [0, 0.1) is 0 Å². The molecule has 14 heavy (non-hydrogen) atoms. The average molecular weight is 192 g/mol. The molecule has 0 fully saturated rings. The molecule has 1 N–H and O–H groups in total. The number of rotatable bonds is 4. The number of benzene rings is 1. The maximum absolute atomic E-state index is 11.2. The quantitative estimate of drug-likeness (QED) is 0.580. The molecule has 74 valence electrons. The smallest absolute Gasteiger partial charge is 0.339 e. The molecule has 0 radical (unpaired) electrons. The summed E-state index contributed by atoms with van der Waals surface area (Å²) in [6, 6.07) is 8.64. The topological polar surface area (TPSA) is 46.5 Å². The van der Waals surface area contributed by atoms with E-state index in [1.807, 2.05) is 6.07 Å². The Kier molecular flexibility index (Phi) is 3.88. The Hall–Kier alpha value is -1.61. The third kappa shape index (κ3) is 2.71. The molecule has 0 aliphatic rings. The van der Waals surface area contributed by atoms with Crippen LogP contribution < -0.4 is 0 Å². The molecule has 1 aromatic rings. The van der Waals surface area contributed by atoms with Gasteiger partial charge in [-0.1, -0.05) is 43.0 Å². The first-order valence-corrected chi connectivity index (χ1v) is 4.26. The highest BCUT2D eigenvalue weighted by Gasteiger charge is 2.17. The predicted molar refractivity (Wildman–Crippen MR) is 52.6 cm³/mol. The van der Waals surface area contributed by atoms with Gasteiger partial charge >= 0.3 is 5.97 Å². The fourth-order valence-electron chi connectivity index (χ4n) is 0.991. The lowest BCUT2D eigenvalue weighted by Gasteiger charge is -2.09. The van der Waals surface area contributed by atoms with Gasteiger partial charge in [0.2, 0.25) is 0 Å². The van der Waals surface area contributed by atoms with Gasteiger partial charge in [0.05, 0.1) is 0 Å². The van der Waals surface area contributed by atoms with Gasteiger partial charge in [0.1, 0.15) is 6.61 Å². The van der Waals surface area contributed by atoms with E-state index in [0.717, 1.165) is 0 Å². The summed E-state index contributed by atoms with van der Waals surface area (Å²) < 4.78 is 4.70. The number of aliphatic hydroxyl groups is 1. The monoisotopic (exact) mass is 192 g/mol. The van der Waals surface area contributed by atoms with Crippen LogP contribution in [-0.2, 0) is 9.53 Å². The van der Waals surface area contributed by atoms with Gasteiger partial charge in [0.15, 0.2) is 6.10 Å². The lowest BCUT2D eigenvalue weighted by molar-refractivity contribution is -0.152. The van der Waals surface area contributed by atoms with E-state index in [9.17, 15) is 9.90 Å². The molecule has 0 saturated carbocycles. The minimum atomic E-state index is -1.21. The van der Waals surface area contributed by atoms with Crippen molar-refractivity contribution in [1.29, 1.82) is 0 Å². The Morgan fingerprint density at radius 1 is 1.50 bits per heavy atom. The second-order valence-corrected chi connectivity index (χ2v) is 2.73. The first-order valence-electron chi connectivity index (χ1n) is 4.26. The van der Waals surface area contributed by atoms with E-state index in [0.29, 0.717) is 5.56 Å². The van der Waals surface area contributed by atoms with Crippen LogP contribution in [0.25, 0.3) is 0 Å². The summed E-state index contributed by atoms with van der Waals surface area (Å²) in [5, 5.41) is 9.51. The molecule has 0 amide bonds. The van der Waals surface area contributed by atoms with Crippen LogP contribution in [0.15, 0.2) is 43.0 Å². The molecule has 0 aromatic heterocycles. The number of aliphatic hydroxyl groups excluding tert-OH is 1.